The number of pyridine rings is 1. The van der Waals surface area contributed by atoms with Gasteiger partial charge in [-0.3, -0.25) is 0 Å². The van der Waals surface area contributed by atoms with Crippen LogP contribution in [0.5, 0.6) is 0 Å². The van der Waals surface area contributed by atoms with Gasteiger partial charge in [-0.05, 0) is 43.7 Å². The van der Waals surface area contributed by atoms with Crippen LogP contribution in [0.4, 0.5) is 11.5 Å². The Kier molecular flexibility index (Phi) is 3.90. The van der Waals surface area contributed by atoms with Gasteiger partial charge in [-0.2, -0.15) is 0 Å². The third kappa shape index (κ3) is 2.85. The van der Waals surface area contributed by atoms with Gasteiger partial charge in [0.05, 0.1) is 5.69 Å². The van der Waals surface area contributed by atoms with Crippen LogP contribution in [0.25, 0.3) is 0 Å². The average molecular weight is 259 g/mol. The Morgan fingerprint density at radius 2 is 1.95 bits per heavy atom. The lowest BCUT2D eigenvalue weighted by molar-refractivity contribution is 0.349. The molecular formula is C16H25N3. The molecule has 19 heavy (non-hydrogen) atoms. The van der Waals surface area contributed by atoms with Crippen LogP contribution >= 0.6 is 0 Å². The fourth-order valence-corrected chi connectivity index (χ4v) is 3.42. The van der Waals surface area contributed by atoms with E-state index in [1.807, 2.05) is 6.20 Å². The van der Waals surface area contributed by atoms with E-state index in [1.165, 1.54) is 44.2 Å². The highest BCUT2D eigenvalue weighted by molar-refractivity contribution is 5.66. The van der Waals surface area contributed by atoms with E-state index in [1.54, 1.807) is 0 Å². The highest BCUT2D eigenvalue weighted by atomic mass is 15.2. The summed E-state index contributed by atoms with van der Waals surface area (Å²) in [6.07, 6.45) is 9.94. The number of aromatic nitrogens is 1. The van der Waals surface area contributed by atoms with E-state index in [0.29, 0.717) is 6.04 Å². The molecule has 3 rings (SSSR count). The molecule has 0 aromatic carbocycles. The van der Waals surface area contributed by atoms with Crippen molar-refractivity contribution in [3.63, 3.8) is 0 Å². The van der Waals surface area contributed by atoms with Crippen molar-refractivity contribution in [1.29, 1.82) is 0 Å². The zero-order valence-electron chi connectivity index (χ0n) is 11.9. The van der Waals surface area contributed by atoms with Gasteiger partial charge >= 0.3 is 0 Å². The van der Waals surface area contributed by atoms with Gasteiger partial charge in [0.25, 0.3) is 0 Å². The molecule has 0 radical (unpaired) electrons. The smallest absolute Gasteiger partial charge is 0.151 e. The normalized spacial score (nSPS) is 27.5. The van der Waals surface area contributed by atoms with Gasteiger partial charge < -0.3 is 10.2 Å². The van der Waals surface area contributed by atoms with Crippen molar-refractivity contribution in [2.24, 2.45) is 5.92 Å². The molecule has 2 unspecified atom stereocenters. The first-order valence-electron chi connectivity index (χ1n) is 7.81. The predicted molar refractivity (Wildman–Crippen MR) is 80.7 cm³/mol. The summed E-state index contributed by atoms with van der Waals surface area (Å²) >= 11 is 0. The maximum atomic E-state index is 4.61. The third-order valence-corrected chi connectivity index (χ3v) is 4.64. The lowest BCUT2D eigenvalue weighted by atomic mass is 9.86. The second-order valence-electron chi connectivity index (χ2n) is 6.08. The Bertz CT molecular complexity index is 412. The Balaban J connectivity index is 1.76. The van der Waals surface area contributed by atoms with Crippen molar-refractivity contribution in [3.05, 3.63) is 18.3 Å². The van der Waals surface area contributed by atoms with Crippen molar-refractivity contribution >= 4 is 11.5 Å². The molecule has 1 aromatic rings. The summed E-state index contributed by atoms with van der Waals surface area (Å²) < 4.78 is 0. The summed E-state index contributed by atoms with van der Waals surface area (Å²) in [5.41, 5.74) is 1.24. The fraction of sp³-hybridized carbons (Fsp3) is 0.688. The van der Waals surface area contributed by atoms with Crippen molar-refractivity contribution in [2.45, 2.75) is 51.5 Å². The molecule has 0 bridgehead atoms. The number of hydrogen-bond acceptors (Lipinski definition) is 3. The molecule has 2 aliphatic rings. The maximum absolute atomic E-state index is 4.61. The number of rotatable bonds is 3. The monoisotopic (exact) mass is 259 g/mol. The van der Waals surface area contributed by atoms with E-state index >= 15 is 0 Å². The van der Waals surface area contributed by atoms with E-state index < -0.39 is 0 Å². The standard InChI is InChI=1S/C16H25N3/c1-13-7-2-3-8-14(13)18-15-9-6-10-17-16(15)19-11-4-5-12-19/h6,9-10,13-14,18H,2-5,7-8,11-12H2,1H3. The molecule has 104 valence electrons. The molecule has 1 saturated carbocycles. The molecule has 1 aliphatic heterocycles. The summed E-state index contributed by atoms with van der Waals surface area (Å²) in [4.78, 5) is 7.04. The third-order valence-electron chi connectivity index (χ3n) is 4.64. The summed E-state index contributed by atoms with van der Waals surface area (Å²) in [6, 6.07) is 4.87. The van der Waals surface area contributed by atoms with Crippen LogP contribution in [0.15, 0.2) is 18.3 Å². The first-order chi connectivity index (χ1) is 9.34. The highest BCUT2D eigenvalue weighted by Crippen LogP contribution is 2.31. The zero-order valence-corrected chi connectivity index (χ0v) is 11.9. The van der Waals surface area contributed by atoms with Gasteiger partial charge in [0.1, 0.15) is 0 Å². The lowest BCUT2D eigenvalue weighted by Gasteiger charge is -2.31. The molecule has 2 atom stereocenters. The number of nitrogens with zero attached hydrogens (tertiary/aromatic N) is 2. The first-order valence-corrected chi connectivity index (χ1v) is 7.81. The van der Waals surface area contributed by atoms with Crippen molar-refractivity contribution < 1.29 is 0 Å². The van der Waals surface area contributed by atoms with Gasteiger partial charge in [-0.15, -0.1) is 0 Å². The summed E-state index contributed by atoms with van der Waals surface area (Å²) in [6.45, 7) is 4.69. The van der Waals surface area contributed by atoms with Crippen molar-refractivity contribution in [1.82, 2.24) is 4.98 Å². The predicted octanol–water partition coefficient (Wildman–Crippen LogP) is 3.67. The zero-order chi connectivity index (χ0) is 13.1. The largest absolute Gasteiger partial charge is 0.379 e. The van der Waals surface area contributed by atoms with E-state index in [-0.39, 0.29) is 0 Å². The van der Waals surface area contributed by atoms with E-state index in [0.717, 1.165) is 24.8 Å². The molecule has 3 heteroatoms. The van der Waals surface area contributed by atoms with Crippen LogP contribution in [0.2, 0.25) is 0 Å². The molecule has 2 fully saturated rings. The topological polar surface area (TPSA) is 28.2 Å². The SMILES string of the molecule is CC1CCCCC1Nc1cccnc1N1CCCC1. The molecule has 1 aromatic heterocycles. The van der Waals surface area contributed by atoms with E-state index in [4.69, 9.17) is 0 Å². The fourth-order valence-electron chi connectivity index (χ4n) is 3.42. The van der Waals surface area contributed by atoms with E-state index in [9.17, 15) is 0 Å². The van der Waals surface area contributed by atoms with Gasteiger partial charge in [-0.25, -0.2) is 4.98 Å². The van der Waals surface area contributed by atoms with Gasteiger partial charge in [0.2, 0.25) is 0 Å². The van der Waals surface area contributed by atoms with Crippen LogP contribution in [0.3, 0.4) is 0 Å². The number of anilines is 2. The molecular weight excluding hydrogens is 234 g/mol. The molecule has 0 amide bonds. The van der Waals surface area contributed by atoms with Crippen LogP contribution < -0.4 is 10.2 Å². The van der Waals surface area contributed by atoms with Crippen LogP contribution in [0.1, 0.15) is 45.4 Å². The Hall–Kier alpha value is -1.25. The highest BCUT2D eigenvalue weighted by Gasteiger charge is 2.23. The minimum Gasteiger partial charge on any atom is -0.379 e. The van der Waals surface area contributed by atoms with Crippen LogP contribution in [0, 0.1) is 5.92 Å². The van der Waals surface area contributed by atoms with Crippen LogP contribution in [-0.4, -0.2) is 24.1 Å². The number of nitrogens with one attached hydrogen (secondary N) is 1. The molecule has 3 nitrogen and oxygen atoms in total. The van der Waals surface area contributed by atoms with Crippen LogP contribution in [-0.2, 0) is 0 Å². The molecule has 1 aliphatic carbocycles. The Morgan fingerprint density at radius 1 is 1.16 bits per heavy atom. The molecule has 2 heterocycles. The maximum Gasteiger partial charge on any atom is 0.151 e. The summed E-state index contributed by atoms with van der Waals surface area (Å²) in [5, 5.41) is 3.77. The second-order valence-corrected chi connectivity index (χ2v) is 6.08. The van der Waals surface area contributed by atoms with E-state index in [2.05, 4.69) is 34.3 Å². The van der Waals surface area contributed by atoms with Crippen molar-refractivity contribution in [3.8, 4) is 0 Å². The Morgan fingerprint density at radius 3 is 2.74 bits per heavy atom. The number of hydrogen-bond donors (Lipinski definition) is 1. The first kappa shape index (κ1) is 12.8. The minimum atomic E-state index is 0.624. The molecule has 1 saturated heterocycles. The van der Waals surface area contributed by atoms with Gasteiger partial charge in [0.15, 0.2) is 5.82 Å². The molecule has 0 spiro atoms. The summed E-state index contributed by atoms with van der Waals surface area (Å²) in [7, 11) is 0. The quantitative estimate of drug-likeness (QED) is 0.897. The second kappa shape index (κ2) is 5.81. The lowest BCUT2D eigenvalue weighted by Crippen LogP contribution is -2.31. The van der Waals surface area contributed by atoms with Gasteiger partial charge in [-0.1, -0.05) is 19.8 Å². The van der Waals surface area contributed by atoms with Gasteiger partial charge in [0, 0.05) is 25.3 Å². The molecule has 1 N–H and O–H groups in total. The average Bonchev–Trinajstić information content (AvgIpc) is 2.96. The minimum absolute atomic E-state index is 0.624. The summed E-state index contributed by atoms with van der Waals surface area (Å²) in [5.74, 6) is 1.94. The van der Waals surface area contributed by atoms with Crippen molar-refractivity contribution in [2.75, 3.05) is 23.3 Å². The Labute approximate surface area is 116 Å².